The summed E-state index contributed by atoms with van der Waals surface area (Å²) in [7, 11) is 0. The summed E-state index contributed by atoms with van der Waals surface area (Å²) in [6.07, 6.45) is 6.09. The molecule has 0 amide bonds. The number of aliphatic hydroxyl groups is 3. The third kappa shape index (κ3) is 3.49. The van der Waals surface area contributed by atoms with Crippen molar-refractivity contribution < 1.29 is 25.2 Å². The van der Waals surface area contributed by atoms with Crippen molar-refractivity contribution in [3.05, 3.63) is 0 Å². The Bertz CT molecular complexity index is 681. The number of hydrogen-bond acceptors (Lipinski definition) is 4. The van der Waals surface area contributed by atoms with Crippen molar-refractivity contribution in [1.29, 1.82) is 0 Å². The molecular weight excluding hydrogens is 392 g/mol. The maximum Gasteiger partial charge on any atom is 0.303 e. The second-order valence-electron chi connectivity index (χ2n) is 12.1. The van der Waals surface area contributed by atoms with Gasteiger partial charge in [0.2, 0.25) is 0 Å². The molecule has 178 valence electrons. The predicted octanol–water partition coefficient (Wildman–Crippen LogP) is 4.08. The first-order chi connectivity index (χ1) is 14.6. The molecule has 0 aromatic rings. The van der Waals surface area contributed by atoms with Crippen molar-refractivity contribution in [3.63, 3.8) is 0 Å². The Morgan fingerprint density at radius 3 is 2.39 bits per heavy atom. The van der Waals surface area contributed by atoms with Gasteiger partial charge in [0.15, 0.2) is 0 Å². The normalized spacial score (nSPS) is 52.7. The molecule has 4 rings (SSSR count). The lowest BCUT2D eigenvalue weighted by Gasteiger charge is -2.65. The van der Waals surface area contributed by atoms with Crippen molar-refractivity contribution >= 4 is 5.97 Å². The number of hydrogen-bond donors (Lipinski definition) is 4. The quantitative estimate of drug-likeness (QED) is 0.520. The van der Waals surface area contributed by atoms with Crippen molar-refractivity contribution in [3.8, 4) is 0 Å². The first-order valence-electron chi connectivity index (χ1n) is 12.8. The van der Waals surface area contributed by atoms with Crippen molar-refractivity contribution in [2.75, 3.05) is 0 Å². The van der Waals surface area contributed by atoms with Crippen LogP contribution in [-0.4, -0.2) is 44.7 Å². The van der Waals surface area contributed by atoms with Crippen LogP contribution in [0.15, 0.2) is 0 Å². The summed E-state index contributed by atoms with van der Waals surface area (Å²) in [4.78, 5) is 11.1. The van der Waals surface area contributed by atoms with Crippen LogP contribution in [0.3, 0.4) is 0 Å². The van der Waals surface area contributed by atoms with E-state index >= 15 is 0 Å². The number of aliphatic hydroxyl groups excluding tert-OH is 3. The number of rotatable bonds is 5. The summed E-state index contributed by atoms with van der Waals surface area (Å²) >= 11 is 0. The van der Waals surface area contributed by atoms with E-state index in [1.807, 2.05) is 0 Å². The Hall–Kier alpha value is -0.650. The highest BCUT2D eigenvalue weighted by Gasteiger charge is 2.67. The zero-order valence-electron chi connectivity index (χ0n) is 19.8. The highest BCUT2D eigenvalue weighted by Crippen LogP contribution is 2.69. The largest absolute Gasteiger partial charge is 0.481 e. The van der Waals surface area contributed by atoms with Crippen molar-refractivity contribution in [2.45, 2.75) is 104 Å². The molecule has 4 fully saturated rings. The Balaban J connectivity index is 1.66. The van der Waals surface area contributed by atoms with Gasteiger partial charge in [0.05, 0.1) is 18.3 Å². The fourth-order valence-corrected chi connectivity index (χ4v) is 9.44. The summed E-state index contributed by atoms with van der Waals surface area (Å²) in [5.41, 5.74) is -0.186. The lowest BCUT2D eigenvalue weighted by atomic mass is 9.41. The third-order valence-corrected chi connectivity index (χ3v) is 11.1. The molecule has 0 spiro atoms. The van der Waals surface area contributed by atoms with Crippen LogP contribution in [0.5, 0.6) is 0 Å². The highest BCUT2D eigenvalue weighted by molar-refractivity contribution is 5.66. The predicted molar refractivity (Wildman–Crippen MR) is 119 cm³/mol. The summed E-state index contributed by atoms with van der Waals surface area (Å²) in [5, 5.41) is 42.9. The van der Waals surface area contributed by atoms with Crippen LogP contribution in [0.1, 0.15) is 85.5 Å². The molecule has 31 heavy (non-hydrogen) atoms. The minimum Gasteiger partial charge on any atom is -0.481 e. The molecule has 5 nitrogen and oxygen atoms in total. The fourth-order valence-electron chi connectivity index (χ4n) is 9.44. The molecule has 4 aliphatic carbocycles. The molecule has 4 saturated carbocycles. The van der Waals surface area contributed by atoms with Crippen LogP contribution >= 0.6 is 0 Å². The van der Waals surface area contributed by atoms with E-state index in [0.717, 1.165) is 44.9 Å². The Labute approximate surface area is 187 Å². The molecule has 0 radical (unpaired) electrons. The topological polar surface area (TPSA) is 98.0 Å². The number of carboxylic acid groups (broad SMARTS) is 1. The molecule has 0 aromatic heterocycles. The second-order valence-corrected chi connectivity index (χ2v) is 12.1. The second kappa shape index (κ2) is 8.29. The van der Waals surface area contributed by atoms with E-state index in [2.05, 4.69) is 27.7 Å². The van der Waals surface area contributed by atoms with Gasteiger partial charge in [0, 0.05) is 6.42 Å². The molecule has 3 unspecified atom stereocenters. The number of fused-ring (bicyclic) bond motifs is 5. The van der Waals surface area contributed by atoms with Crippen molar-refractivity contribution in [1.82, 2.24) is 0 Å². The van der Waals surface area contributed by atoms with Gasteiger partial charge < -0.3 is 20.4 Å². The van der Waals surface area contributed by atoms with Gasteiger partial charge >= 0.3 is 5.97 Å². The molecular formula is C26H44O5. The van der Waals surface area contributed by atoms with Gasteiger partial charge in [-0.05, 0) is 97.2 Å². The van der Waals surface area contributed by atoms with Crippen molar-refractivity contribution in [2.24, 2.45) is 52.3 Å². The lowest BCUT2D eigenvalue weighted by Crippen LogP contribution is -2.65. The zero-order valence-corrected chi connectivity index (χ0v) is 19.8. The Morgan fingerprint density at radius 1 is 1.03 bits per heavy atom. The van der Waals surface area contributed by atoms with E-state index in [9.17, 15) is 20.1 Å². The van der Waals surface area contributed by atoms with Gasteiger partial charge in [0.1, 0.15) is 0 Å². The molecule has 4 aliphatic rings. The molecule has 4 N–H and O–H groups in total. The summed E-state index contributed by atoms with van der Waals surface area (Å²) in [6, 6.07) is 0. The van der Waals surface area contributed by atoms with Crippen LogP contribution in [0.25, 0.3) is 0 Å². The van der Waals surface area contributed by atoms with Gasteiger partial charge in [-0.25, -0.2) is 0 Å². The molecule has 5 heteroatoms. The zero-order chi connectivity index (χ0) is 22.7. The average Bonchev–Trinajstić information content (AvgIpc) is 3.07. The lowest BCUT2D eigenvalue weighted by molar-refractivity contribution is -0.228. The standard InChI is InChI=1S/C26H44O5/c1-5-16-19-12-15(27)10-11-25(19,3)20-13-21(28)26(4)17(14(2)6-9-22(29)30)7-8-18(26)23(20)24(16)31/h14-21,23-24,27-28,31H,5-13H2,1-4H3,(H,29,30)/t14-,15-,16-,17-,18?,19+,20?,21+,23+,24?,25+,26-/m1/s1. The molecule has 0 bridgehead atoms. The maximum atomic E-state index is 11.7. The Kier molecular flexibility index (Phi) is 6.28. The van der Waals surface area contributed by atoms with E-state index in [1.54, 1.807) is 0 Å². The van der Waals surface area contributed by atoms with Gasteiger partial charge in [-0.15, -0.1) is 0 Å². The van der Waals surface area contributed by atoms with Gasteiger partial charge in [-0.2, -0.15) is 0 Å². The van der Waals surface area contributed by atoms with Gasteiger partial charge in [-0.1, -0.05) is 34.1 Å². The minimum absolute atomic E-state index is 0.0686. The molecule has 0 aromatic carbocycles. The Morgan fingerprint density at radius 2 is 1.74 bits per heavy atom. The smallest absolute Gasteiger partial charge is 0.303 e. The van der Waals surface area contributed by atoms with Gasteiger partial charge in [0.25, 0.3) is 0 Å². The van der Waals surface area contributed by atoms with E-state index < -0.39 is 12.1 Å². The van der Waals surface area contributed by atoms with Crippen LogP contribution in [0, 0.1) is 52.3 Å². The van der Waals surface area contributed by atoms with Crippen LogP contribution in [0.4, 0.5) is 0 Å². The highest BCUT2D eigenvalue weighted by atomic mass is 16.4. The molecule has 0 saturated heterocycles. The maximum absolute atomic E-state index is 11.7. The van der Waals surface area contributed by atoms with E-state index in [4.69, 9.17) is 5.11 Å². The summed E-state index contributed by atoms with van der Waals surface area (Å²) in [6.45, 7) is 8.96. The fraction of sp³-hybridized carbons (Fsp3) is 0.962. The van der Waals surface area contributed by atoms with E-state index in [0.29, 0.717) is 24.2 Å². The SMILES string of the molecule is CC[C@H]1C(O)[C@H]2C3CC[C@H]([C@H](C)CCC(=O)O)[C@@]3(C)[C@@H](O)CC2[C@@]2(C)CC[C@@H](O)C[C@@H]12. The van der Waals surface area contributed by atoms with E-state index in [1.165, 1.54) is 0 Å². The number of carboxylic acids is 1. The van der Waals surface area contributed by atoms with Crippen LogP contribution in [-0.2, 0) is 4.79 Å². The monoisotopic (exact) mass is 436 g/mol. The molecule has 0 heterocycles. The van der Waals surface area contributed by atoms with Gasteiger partial charge in [-0.3, -0.25) is 4.79 Å². The number of aliphatic carboxylic acids is 1. The number of carbonyl (C=O) groups is 1. The molecule has 12 atom stereocenters. The molecule has 0 aliphatic heterocycles. The summed E-state index contributed by atoms with van der Waals surface area (Å²) in [5.74, 6) is 1.13. The van der Waals surface area contributed by atoms with E-state index in [-0.39, 0.29) is 53.1 Å². The van der Waals surface area contributed by atoms with Crippen LogP contribution < -0.4 is 0 Å². The minimum atomic E-state index is -0.747. The first kappa shape index (κ1) is 23.5. The average molecular weight is 437 g/mol. The van der Waals surface area contributed by atoms with Crippen LogP contribution in [0.2, 0.25) is 0 Å². The summed E-state index contributed by atoms with van der Waals surface area (Å²) < 4.78 is 0. The third-order valence-electron chi connectivity index (χ3n) is 11.1. The first-order valence-corrected chi connectivity index (χ1v) is 12.8.